The Bertz CT molecular complexity index is 1320. The second-order valence-electron chi connectivity index (χ2n) is 11.5. The normalized spacial score (nSPS) is 16.9. The molecule has 2 aromatic carbocycles. The van der Waals surface area contributed by atoms with Crippen molar-refractivity contribution in [3.63, 3.8) is 0 Å². The highest BCUT2D eigenvalue weighted by molar-refractivity contribution is 5.98. The Labute approximate surface area is 243 Å². The molecule has 2 heterocycles. The standard InChI is InChI=1S/C33H43N5O3/c1-34-32(40)18-22-37(24-39)30-8-5-9-31-29(30)17-23-38(31)28-15-20-36(21-16-28)19-14-25-10-12-26(13-11-25)33(41)35-27-6-3-2-4-7-27/h5,8-13,17,23-24,27-28H,2-4,6-7,14-16,18-22H2,1H3,(H,34,40)(H,35,41). The molecule has 2 N–H and O–H groups in total. The number of hydrogen-bond acceptors (Lipinski definition) is 4. The molecule has 8 heteroatoms. The third-order valence-corrected chi connectivity index (χ3v) is 8.86. The fourth-order valence-electron chi connectivity index (χ4n) is 6.36. The van der Waals surface area contributed by atoms with Gasteiger partial charge < -0.3 is 25.0 Å². The second kappa shape index (κ2) is 13.8. The van der Waals surface area contributed by atoms with Gasteiger partial charge in [-0.25, -0.2) is 0 Å². The summed E-state index contributed by atoms with van der Waals surface area (Å²) in [5.41, 5.74) is 3.99. The highest BCUT2D eigenvalue weighted by Gasteiger charge is 2.23. The van der Waals surface area contributed by atoms with E-state index < -0.39 is 0 Å². The molecule has 1 saturated heterocycles. The first-order valence-corrected chi connectivity index (χ1v) is 15.2. The summed E-state index contributed by atoms with van der Waals surface area (Å²) in [7, 11) is 1.61. The van der Waals surface area contributed by atoms with E-state index in [1.807, 2.05) is 24.3 Å². The topological polar surface area (TPSA) is 86.7 Å². The lowest BCUT2D eigenvalue weighted by molar-refractivity contribution is -0.120. The molecule has 1 saturated carbocycles. The van der Waals surface area contributed by atoms with Crippen molar-refractivity contribution < 1.29 is 14.4 Å². The van der Waals surface area contributed by atoms with Gasteiger partial charge >= 0.3 is 0 Å². The highest BCUT2D eigenvalue weighted by atomic mass is 16.2. The number of aromatic nitrogens is 1. The van der Waals surface area contributed by atoms with Gasteiger partial charge in [0.05, 0.1) is 11.2 Å². The van der Waals surface area contributed by atoms with Crippen molar-refractivity contribution in [3.8, 4) is 0 Å². The van der Waals surface area contributed by atoms with Crippen LogP contribution >= 0.6 is 0 Å². The molecule has 0 unspecified atom stereocenters. The van der Waals surface area contributed by atoms with Crippen LogP contribution in [0.15, 0.2) is 54.7 Å². The summed E-state index contributed by atoms with van der Waals surface area (Å²) in [6.07, 6.45) is 12.3. The van der Waals surface area contributed by atoms with Gasteiger partial charge in [-0.3, -0.25) is 14.4 Å². The second-order valence-corrected chi connectivity index (χ2v) is 11.5. The number of nitrogens with one attached hydrogen (secondary N) is 2. The van der Waals surface area contributed by atoms with E-state index in [0.717, 1.165) is 80.3 Å². The molecule has 218 valence electrons. The van der Waals surface area contributed by atoms with E-state index in [1.165, 1.54) is 24.8 Å². The van der Waals surface area contributed by atoms with Crippen molar-refractivity contribution in [1.82, 2.24) is 20.1 Å². The summed E-state index contributed by atoms with van der Waals surface area (Å²) in [5, 5.41) is 6.86. The molecule has 8 nitrogen and oxygen atoms in total. The maximum Gasteiger partial charge on any atom is 0.251 e. The van der Waals surface area contributed by atoms with Gasteiger partial charge in [0.25, 0.3) is 5.91 Å². The number of fused-ring (bicyclic) bond motifs is 1. The van der Waals surface area contributed by atoms with Crippen molar-refractivity contribution in [3.05, 3.63) is 65.9 Å². The Morgan fingerprint density at radius 1 is 0.976 bits per heavy atom. The van der Waals surface area contributed by atoms with E-state index in [1.54, 1.807) is 11.9 Å². The van der Waals surface area contributed by atoms with Gasteiger partial charge in [-0.1, -0.05) is 37.5 Å². The third kappa shape index (κ3) is 7.17. The summed E-state index contributed by atoms with van der Waals surface area (Å²) < 4.78 is 2.36. The third-order valence-electron chi connectivity index (χ3n) is 8.86. The first kappa shape index (κ1) is 28.9. The average molecular weight is 558 g/mol. The van der Waals surface area contributed by atoms with Crippen LogP contribution in [0, 0.1) is 0 Å². The van der Waals surface area contributed by atoms with Gasteiger partial charge in [-0.2, -0.15) is 0 Å². The summed E-state index contributed by atoms with van der Waals surface area (Å²) in [6.45, 7) is 3.44. The summed E-state index contributed by atoms with van der Waals surface area (Å²) in [4.78, 5) is 40.3. The van der Waals surface area contributed by atoms with Gasteiger partial charge in [0.2, 0.25) is 12.3 Å². The minimum atomic E-state index is -0.0809. The Morgan fingerprint density at radius 2 is 1.73 bits per heavy atom. The SMILES string of the molecule is CNC(=O)CCN(C=O)c1cccc2c1ccn2C1CCN(CCc2ccc(C(=O)NC3CCCCC3)cc2)CC1. The molecule has 3 aromatic rings. The fraction of sp³-hybridized carbons (Fsp3) is 0.485. The molecule has 0 radical (unpaired) electrons. The molecule has 3 amide bonds. The lowest BCUT2D eigenvalue weighted by Gasteiger charge is -2.33. The molecule has 1 aliphatic carbocycles. The average Bonchev–Trinajstić information content (AvgIpc) is 3.46. The molecule has 1 aliphatic heterocycles. The Kier molecular flexibility index (Phi) is 9.72. The molecule has 41 heavy (non-hydrogen) atoms. The zero-order valence-electron chi connectivity index (χ0n) is 24.2. The quantitative estimate of drug-likeness (QED) is 0.335. The number of piperidine rings is 1. The molecule has 5 rings (SSSR count). The molecule has 2 fully saturated rings. The van der Waals surface area contributed by atoms with Crippen LogP contribution in [0.3, 0.4) is 0 Å². The lowest BCUT2D eigenvalue weighted by atomic mass is 9.95. The highest BCUT2D eigenvalue weighted by Crippen LogP contribution is 2.32. The first-order valence-electron chi connectivity index (χ1n) is 15.2. The number of likely N-dealkylation sites (tertiary alicyclic amines) is 1. The minimum Gasteiger partial charge on any atom is -0.359 e. The van der Waals surface area contributed by atoms with Gasteiger partial charge in [0, 0.05) is 68.9 Å². The van der Waals surface area contributed by atoms with Crippen LogP contribution < -0.4 is 15.5 Å². The number of amides is 3. The van der Waals surface area contributed by atoms with Gasteiger partial charge in [-0.05, 0) is 68.0 Å². The summed E-state index contributed by atoms with van der Waals surface area (Å²) in [5.74, 6) is -0.0272. The number of nitrogens with zero attached hydrogens (tertiary/aromatic N) is 3. The van der Waals surface area contributed by atoms with Crippen LogP contribution in [0.2, 0.25) is 0 Å². The maximum absolute atomic E-state index is 12.6. The molecule has 2 aliphatic rings. The van der Waals surface area contributed by atoms with Crippen LogP contribution in [0.25, 0.3) is 10.9 Å². The predicted octanol–water partition coefficient (Wildman–Crippen LogP) is 4.68. The largest absolute Gasteiger partial charge is 0.359 e. The minimum absolute atomic E-state index is 0.0536. The smallest absolute Gasteiger partial charge is 0.251 e. The van der Waals surface area contributed by atoms with Crippen LogP contribution in [-0.2, 0) is 16.0 Å². The summed E-state index contributed by atoms with van der Waals surface area (Å²) >= 11 is 0. The predicted molar refractivity (Wildman–Crippen MR) is 163 cm³/mol. The van der Waals surface area contributed by atoms with Crippen LogP contribution in [0.4, 0.5) is 5.69 Å². The zero-order valence-corrected chi connectivity index (χ0v) is 24.2. The Morgan fingerprint density at radius 3 is 2.44 bits per heavy atom. The lowest BCUT2D eigenvalue weighted by Crippen LogP contribution is -2.36. The number of rotatable bonds is 11. The number of carbonyl (C=O) groups is 3. The Hall–Kier alpha value is -3.65. The van der Waals surface area contributed by atoms with Crippen LogP contribution in [0.1, 0.15) is 73.3 Å². The maximum atomic E-state index is 12.6. The molecule has 0 atom stereocenters. The van der Waals surface area contributed by atoms with E-state index in [9.17, 15) is 14.4 Å². The monoisotopic (exact) mass is 557 g/mol. The van der Waals surface area contributed by atoms with E-state index >= 15 is 0 Å². The molecule has 0 bridgehead atoms. The van der Waals surface area contributed by atoms with E-state index in [0.29, 0.717) is 18.6 Å². The van der Waals surface area contributed by atoms with Crippen LogP contribution in [0.5, 0.6) is 0 Å². The Balaban J connectivity index is 1.12. The van der Waals surface area contributed by atoms with E-state index in [4.69, 9.17) is 0 Å². The van der Waals surface area contributed by atoms with Crippen molar-refractivity contribution in [1.29, 1.82) is 0 Å². The van der Waals surface area contributed by atoms with E-state index in [-0.39, 0.29) is 18.2 Å². The van der Waals surface area contributed by atoms with Crippen molar-refractivity contribution in [2.75, 3.05) is 38.1 Å². The molecule has 1 aromatic heterocycles. The van der Waals surface area contributed by atoms with Crippen molar-refractivity contribution in [2.45, 2.75) is 69.9 Å². The van der Waals surface area contributed by atoms with Gasteiger partial charge in [-0.15, -0.1) is 0 Å². The van der Waals surface area contributed by atoms with Gasteiger partial charge in [0.15, 0.2) is 0 Å². The first-order chi connectivity index (χ1) is 20.1. The number of hydrogen-bond donors (Lipinski definition) is 2. The number of carbonyl (C=O) groups excluding carboxylic acids is 3. The molecule has 0 spiro atoms. The van der Waals surface area contributed by atoms with E-state index in [2.05, 4.69) is 50.6 Å². The van der Waals surface area contributed by atoms with Crippen LogP contribution in [-0.4, -0.2) is 67.0 Å². The number of benzene rings is 2. The fourth-order valence-corrected chi connectivity index (χ4v) is 6.36. The molecular weight excluding hydrogens is 514 g/mol. The molecular formula is C33H43N5O3. The number of anilines is 1. The van der Waals surface area contributed by atoms with Crippen molar-refractivity contribution >= 4 is 34.8 Å². The summed E-state index contributed by atoms with van der Waals surface area (Å²) in [6, 6.07) is 17.0. The van der Waals surface area contributed by atoms with Crippen molar-refractivity contribution in [2.24, 2.45) is 0 Å². The van der Waals surface area contributed by atoms with Gasteiger partial charge in [0.1, 0.15) is 0 Å². The zero-order chi connectivity index (χ0) is 28.6.